The van der Waals surface area contributed by atoms with Gasteiger partial charge in [0.2, 0.25) is 0 Å². The monoisotopic (exact) mass is 378 g/mol. The Balaban J connectivity index is 0.00000225. The first-order valence-electron chi connectivity index (χ1n) is 8.36. The smallest absolute Gasteiger partial charge is 0.124 e. The van der Waals surface area contributed by atoms with Crippen LogP contribution in [0.1, 0.15) is 36.8 Å². The number of rotatable bonds is 4. The molecule has 25 heavy (non-hydrogen) atoms. The van der Waals surface area contributed by atoms with E-state index in [-0.39, 0.29) is 40.7 Å². The molecule has 2 atom stereocenters. The summed E-state index contributed by atoms with van der Waals surface area (Å²) in [7, 11) is 0. The van der Waals surface area contributed by atoms with Crippen LogP contribution in [0.2, 0.25) is 0 Å². The third kappa shape index (κ3) is 5.18. The van der Waals surface area contributed by atoms with E-state index in [1.165, 1.54) is 0 Å². The fourth-order valence-electron chi connectivity index (χ4n) is 2.98. The van der Waals surface area contributed by atoms with Crippen molar-refractivity contribution < 1.29 is 27.3 Å². The van der Waals surface area contributed by atoms with Crippen LogP contribution in [0.15, 0.2) is 58.5 Å². The molecule has 1 aliphatic carbocycles. The number of benzene rings is 2. The van der Waals surface area contributed by atoms with Gasteiger partial charge in [-0.15, -0.1) is 0 Å². The Morgan fingerprint density at radius 2 is 1.12 bits per heavy atom. The van der Waals surface area contributed by atoms with Crippen molar-refractivity contribution in [2.45, 2.75) is 37.8 Å². The molecule has 2 aromatic rings. The molecule has 2 aromatic carbocycles. The van der Waals surface area contributed by atoms with Crippen molar-refractivity contribution in [3.8, 4) is 11.5 Å². The summed E-state index contributed by atoms with van der Waals surface area (Å²) >= 11 is 0. The van der Waals surface area contributed by atoms with E-state index in [0.29, 0.717) is 0 Å². The predicted molar refractivity (Wildman–Crippen MR) is 97.4 cm³/mol. The summed E-state index contributed by atoms with van der Waals surface area (Å²) in [6, 6.07) is 14.6. The Morgan fingerprint density at radius 3 is 1.52 bits per heavy atom. The summed E-state index contributed by atoms with van der Waals surface area (Å²) in [6.07, 6.45) is 7.76. The first-order chi connectivity index (χ1) is 11.7. The molecule has 0 aromatic heterocycles. The first kappa shape index (κ1) is 19.2. The van der Waals surface area contributed by atoms with E-state index >= 15 is 0 Å². The molecule has 0 aliphatic heterocycles. The van der Waals surface area contributed by atoms with Crippen LogP contribution in [0.3, 0.4) is 0 Å². The van der Waals surface area contributed by atoms with E-state index in [1.807, 2.05) is 24.3 Å². The van der Waals surface area contributed by atoms with Crippen molar-refractivity contribution in [1.82, 2.24) is 0 Å². The van der Waals surface area contributed by atoms with E-state index in [9.17, 15) is 10.2 Å². The molecule has 5 heteroatoms. The molecule has 0 bridgehead atoms. The Morgan fingerprint density at radius 1 is 0.720 bits per heavy atom. The largest absolute Gasteiger partial charge is 0.507 e. The second-order valence-corrected chi connectivity index (χ2v) is 6.09. The Labute approximate surface area is 158 Å². The number of aliphatic imine (C=N–C) groups is 2. The predicted octanol–water partition coefficient (Wildman–Crippen LogP) is 3.94. The minimum absolute atomic E-state index is 0. The fourth-order valence-corrected chi connectivity index (χ4v) is 2.98. The number of aromatic hydroxyl groups is 2. The number of phenols is 2. The van der Waals surface area contributed by atoms with Crippen LogP contribution in [0.5, 0.6) is 11.5 Å². The van der Waals surface area contributed by atoms with E-state index in [2.05, 4.69) is 9.98 Å². The van der Waals surface area contributed by atoms with Gasteiger partial charge in [0.1, 0.15) is 11.5 Å². The Hall–Kier alpha value is -2.10. The van der Waals surface area contributed by atoms with Gasteiger partial charge in [-0.2, -0.15) is 0 Å². The van der Waals surface area contributed by atoms with Crippen LogP contribution in [-0.2, 0) is 17.1 Å². The molecule has 1 fully saturated rings. The average molecular weight is 378 g/mol. The van der Waals surface area contributed by atoms with Gasteiger partial charge < -0.3 is 10.2 Å². The average Bonchev–Trinajstić information content (AvgIpc) is 2.61. The summed E-state index contributed by atoms with van der Waals surface area (Å²) in [5, 5.41) is 19.7. The number of hydrogen-bond acceptors (Lipinski definition) is 4. The van der Waals surface area contributed by atoms with Gasteiger partial charge in [0.05, 0.1) is 12.1 Å². The molecule has 0 radical (unpaired) electrons. The zero-order chi connectivity index (χ0) is 16.8. The normalized spacial score (nSPS) is 20.6. The van der Waals surface area contributed by atoms with Crippen molar-refractivity contribution in [3.63, 3.8) is 0 Å². The minimum atomic E-state index is 0. The van der Waals surface area contributed by atoms with Crippen molar-refractivity contribution >= 4 is 12.4 Å². The summed E-state index contributed by atoms with van der Waals surface area (Å²) in [5.74, 6) is 0.484. The number of nitrogens with zero attached hydrogens (tertiary/aromatic N) is 2. The maximum atomic E-state index is 9.84. The van der Waals surface area contributed by atoms with Crippen molar-refractivity contribution in [3.05, 3.63) is 59.7 Å². The van der Waals surface area contributed by atoms with Gasteiger partial charge in [-0.05, 0) is 37.1 Å². The summed E-state index contributed by atoms with van der Waals surface area (Å²) < 4.78 is 0. The minimum Gasteiger partial charge on any atom is -0.507 e. The maximum Gasteiger partial charge on any atom is 0.124 e. The zero-order valence-corrected chi connectivity index (χ0v) is 15.0. The number of phenolic OH excluding ortho intramolecular Hbond substituents is 2. The summed E-state index contributed by atoms with van der Waals surface area (Å²) in [4.78, 5) is 9.34. The van der Waals surface area contributed by atoms with Gasteiger partial charge in [-0.25, -0.2) is 0 Å². The van der Waals surface area contributed by atoms with Gasteiger partial charge in [-0.1, -0.05) is 37.1 Å². The molecule has 0 amide bonds. The molecule has 2 N–H and O–H groups in total. The fraction of sp³-hybridized carbons (Fsp3) is 0.300. The maximum absolute atomic E-state index is 9.84. The van der Waals surface area contributed by atoms with Crippen LogP contribution in [0, 0.1) is 0 Å². The van der Waals surface area contributed by atoms with E-state index in [0.717, 1.165) is 36.8 Å². The van der Waals surface area contributed by atoms with Crippen molar-refractivity contribution in [2.24, 2.45) is 9.98 Å². The van der Waals surface area contributed by atoms with Gasteiger partial charge in [0.25, 0.3) is 0 Å². The molecule has 1 aliphatic rings. The van der Waals surface area contributed by atoms with E-state index in [4.69, 9.17) is 0 Å². The SMILES string of the molecule is Oc1ccccc1C=N[C@H]1CCCC[C@@H]1N=Cc1ccccc1O.[Fe]. The van der Waals surface area contributed by atoms with Crippen molar-refractivity contribution in [2.75, 3.05) is 0 Å². The van der Waals surface area contributed by atoms with Crippen LogP contribution in [0.4, 0.5) is 0 Å². The molecule has 0 heterocycles. The van der Waals surface area contributed by atoms with Crippen LogP contribution in [-0.4, -0.2) is 34.7 Å². The van der Waals surface area contributed by atoms with Crippen LogP contribution in [0.25, 0.3) is 0 Å². The molecule has 0 unspecified atom stereocenters. The van der Waals surface area contributed by atoms with Crippen LogP contribution >= 0.6 is 0 Å². The first-order valence-corrected chi connectivity index (χ1v) is 8.36. The summed E-state index contributed by atoms with van der Waals surface area (Å²) in [5.41, 5.74) is 1.46. The Kier molecular flexibility index (Phi) is 7.23. The molecular weight excluding hydrogens is 356 g/mol. The van der Waals surface area contributed by atoms with Crippen LogP contribution < -0.4 is 0 Å². The second-order valence-electron chi connectivity index (χ2n) is 6.09. The molecule has 4 nitrogen and oxygen atoms in total. The molecule has 132 valence electrons. The molecule has 0 spiro atoms. The standard InChI is InChI=1S/C20H22N2O2.Fe/c23-19-11-5-1-7-15(19)13-21-17-9-3-4-10-18(17)22-14-16-8-2-6-12-20(16)24;/h1-2,5-8,11-14,17-18,23-24H,3-4,9-10H2;/t17-,18-;/m0./s1. The molecule has 3 rings (SSSR count). The molecule has 1 saturated carbocycles. The quantitative estimate of drug-likeness (QED) is 0.625. The summed E-state index contributed by atoms with van der Waals surface area (Å²) in [6.45, 7) is 0. The van der Waals surface area contributed by atoms with Gasteiger partial charge in [0.15, 0.2) is 0 Å². The van der Waals surface area contributed by atoms with Gasteiger partial charge in [0, 0.05) is 40.6 Å². The third-order valence-corrected chi connectivity index (χ3v) is 4.38. The van der Waals surface area contributed by atoms with E-state index in [1.54, 1.807) is 36.7 Å². The second kappa shape index (κ2) is 9.40. The van der Waals surface area contributed by atoms with Gasteiger partial charge >= 0.3 is 0 Å². The number of hydrogen-bond donors (Lipinski definition) is 2. The van der Waals surface area contributed by atoms with Crippen molar-refractivity contribution in [1.29, 1.82) is 0 Å². The number of para-hydroxylation sites is 2. The zero-order valence-electron chi connectivity index (χ0n) is 13.9. The molecule has 0 saturated heterocycles. The Bertz CT molecular complexity index is 682. The van der Waals surface area contributed by atoms with E-state index < -0.39 is 0 Å². The molecular formula is C20H22FeN2O2. The topological polar surface area (TPSA) is 65.2 Å². The van der Waals surface area contributed by atoms with Gasteiger partial charge in [-0.3, -0.25) is 9.98 Å². The third-order valence-electron chi connectivity index (χ3n) is 4.38.